The highest BCUT2D eigenvalue weighted by Crippen LogP contribution is 2.10. The molecule has 0 unspecified atom stereocenters. The molecule has 5 nitrogen and oxygen atoms in total. The van der Waals surface area contributed by atoms with Gasteiger partial charge in [-0.2, -0.15) is 14.6 Å². The Balaban J connectivity index is 1.92. The maximum atomic E-state index is 13.7. The van der Waals surface area contributed by atoms with E-state index in [1.807, 2.05) is 30.9 Å². The number of hydrogen-bond acceptors (Lipinski definition) is 3. The summed E-state index contributed by atoms with van der Waals surface area (Å²) in [6, 6.07) is 0. The number of nitrogens with one attached hydrogen (secondary N) is 1. The van der Waals surface area contributed by atoms with E-state index in [0.717, 1.165) is 17.8 Å². The Morgan fingerprint density at radius 1 is 1.39 bits per heavy atom. The van der Waals surface area contributed by atoms with Crippen molar-refractivity contribution >= 4 is 0 Å². The summed E-state index contributed by atoms with van der Waals surface area (Å²) in [7, 11) is 1.61. The van der Waals surface area contributed by atoms with Crippen molar-refractivity contribution in [1.29, 1.82) is 0 Å². The predicted octanol–water partition coefficient (Wildman–Crippen LogP) is 1.37. The van der Waals surface area contributed by atoms with E-state index in [0.29, 0.717) is 18.7 Å². The Morgan fingerprint density at radius 2 is 2.17 bits per heavy atom. The minimum absolute atomic E-state index is 0.274. The zero-order valence-corrected chi connectivity index (χ0v) is 10.9. The first-order valence-electron chi connectivity index (χ1n) is 6.01. The fourth-order valence-corrected chi connectivity index (χ4v) is 1.88. The lowest BCUT2D eigenvalue weighted by Crippen LogP contribution is -2.13. The molecule has 6 heteroatoms. The molecule has 0 spiro atoms. The van der Waals surface area contributed by atoms with Crippen LogP contribution in [0.25, 0.3) is 0 Å². The van der Waals surface area contributed by atoms with Gasteiger partial charge in [-0.15, -0.1) is 0 Å². The molecule has 2 rings (SSSR count). The maximum absolute atomic E-state index is 13.7. The molecule has 0 atom stereocenters. The molecule has 0 fully saturated rings. The topological polar surface area (TPSA) is 47.7 Å². The average molecular weight is 251 g/mol. The molecular weight excluding hydrogens is 233 g/mol. The van der Waals surface area contributed by atoms with Crippen molar-refractivity contribution in [3.63, 3.8) is 0 Å². The van der Waals surface area contributed by atoms with Crippen LogP contribution < -0.4 is 5.32 Å². The van der Waals surface area contributed by atoms with Crippen LogP contribution in [0.15, 0.2) is 12.4 Å². The largest absolute Gasteiger partial charge is 0.308 e. The highest BCUT2D eigenvalue weighted by molar-refractivity contribution is 5.17. The van der Waals surface area contributed by atoms with Crippen LogP contribution in [0.3, 0.4) is 0 Å². The molecule has 2 aromatic rings. The predicted molar refractivity (Wildman–Crippen MR) is 66.3 cm³/mol. The summed E-state index contributed by atoms with van der Waals surface area (Å²) in [6.07, 6.45) is 3.81. The van der Waals surface area contributed by atoms with Crippen LogP contribution in [0.1, 0.15) is 23.7 Å². The molecule has 0 aliphatic heterocycles. The van der Waals surface area contributed by atoms with Gasteiger partial charge in [-0.3, -0.25) is 4.68 Å². The minimum atomic E-state index is -0.274. The van der Waals surface area contributed by atoms with E-state index in [-0.39, 0.29) is 5.95 Å². The molecule has 1 N–H and O–H groups in total. The van der Waals surface area contributed by atoms with Crippen molar-refractivity contribution < 1.29 is 4.39 Å². The third kappa shape index (κ3) is 2.59. The Labute approximate surface area is 106 Å². The van der Waals surface area contributed by atoms with Crippen LogP contribution in [0, 0.1) is 12.9 Å². The number of halogens is 1. The van der Waals surface area contributed by atoms with Gasteiger partial charge in [0, 0.05) is 44.0 Å². The lowest BCUT2D eigenvalue weighted by Gasteiger charge is -2.02. The van der Waals surface area contributed by atoms with Crippen LogP contribution >= 0.6 is 0 Å². The Kier molecular flexibility index (Phi) is 3.76. The fraction of sp³-hybridized carbons (Fsp3) is 0.500. The van der Waals surface area contributed by atoms with Gasteiger partial charge < -0.3 is 5.32 Å². The maximum Gasteiger partial charge on any atom is 0.215 e. The summed E-state index contributed by atoms with van der Waals surface area (Å²) in [5.74, 6) is -0.274. The lowest BCUT2D eigenvalue weighted by molar-refractivity contribution is 0.489. The lowest BCUT2D eigenvalue weighted by atomic mass is 10.2. The van der Waals surface area contributed by atoms with Crippen molar-refractivity contribution in [2.45, 2.75) is 33.5 Å². The van der Waals surface area contributed by atoms with Gasteiger partial charge in [0.1, 0.15) is 0 Å². The average Bonchev–Trinajstić information content (AvgIpc) is 2.89. The van der Waals surface area contributed by atoms with Gasteiger partial charge in [0.2, 0.25) is 5.95 Å². The summed E-state index contributed by atoms with van der Waals surface area (Å²) in [6.45, 7) is 5.86. The smallest absolute Gasteiger partial charge is 0.215 e. The van der Waals surface area contributed by atoms with Gasteiger partial charge >= 0.3 is 0 Å². The SMILES string of the molecule is CCn1cc(CNCc2c(C)nn(C)c2F)cn1. The summed E-state index contributed by atoms with van der Waals surface area (Å²) in [4.78, 5) is 0. The monoisotopic (exact) mass is 251 g/mol. The zero-order valence-electron chi connectivity index (χ0n) is 10.9. The molecule has 0 aromatic carbocycles. The third-order valence-electron chi connectivity index (χ3n) is 2.91. The molecule has 0 saturated carbocycles. The van der Waals surface area contributed by atoms with E-state index in [1.54, 1.807) is 7.05 Å². The van der Waals surface area contributed by atoms with E-state index >= 15 is 0 Å². The Hall–Kier alpha value is -1.69. The molecule has 2 aromatic heterocycles. The molecule has 0 radical (unpaired) electrons. The molecule has 0 amide bonds. The quantitative estimate of drug-likeness (QED) is 0.873. The van der Waals surface area contributed by atoms with Crippen molar-refractivity contribution in [1.82, 2.24) is 24.9 Å². The second kappa shape index (κ2) is 5.30. The molecule has 0 aliphatic carbocycles. The molecule has 0 saturated heterocycles. The number of rotatable bonds is 5. The number of nitrogens with zero attached hydrogens (tertiary/aromatic N) is 4. The van der Waals surface area contributed by atoms with Crippen LogP contribution in [-0.4, -0.2) is 19.6 Å². The Morgan fingerprint density at radius 3 is 2.72 bits per heavy atom. The zero-order chi connectivity index (χ0) is 13.1. The van der Waals surface area contributed by atoms with Gasteiger partial charge in [0.25, 0.3) is 0 Å². The molecule has 18 heavy (non-hydrogen) atoms. The molecule has 2 heterocycles. The Bertz CT molecular complexity index is 529. The first-order chi connectivity index (χ1) is 8.61. The summed E-state index contributed by atoms with van der Waals surface area (Å²) >= 11 is 0. The second-order valence-electron chi connectivity index (χ2n) is 4.29. The van der Waals surface area contributed by atoms with Crippen molar-refractivity contribution in [2.75, 3.05) is 0 Å². The minimum Gasteiger partial charge on any atom is -0.308 e. The number of aryl methyl sites for hydroxylation is 3. The second-order valence-corrected chi connectivity index (χ2v) is 4.29. The van der Waals surface area contributed by atoms with E-state index in [2.05, 4.69) is 15.5 Å². The van der Waals surface area contributed by atoms with Crippen LogP contribution in [0.5, 0.6) is 0 Å². The third-order valence-corrected chi connectivity index (χ3v) is 2.91. The first-order valence-corrected chi connectivity index (χ1v) is 6.01. The van der Waals surface area contributed by atoms with Gasteiger partial charge in [0.05, 0.1) is 11.9 Å². The fourth-order valence-electron chi connectivity index (χ4n) is 1.88. The van der Waals surface area contributed by atoms with Gasteiger partial charge in [-0.1, -0.05) is 0 Å². The van der Waals surface area contributed by atoms with Gasteiger partial charge in [-0.25, -0.2) is 4.68 Å². The summed E-state index contributed by atoms with van der Waals surface area (Å²) in [5, 5.41) is 11.4. The van der Waals surface area contributed by atoms with E-state index in [1.165, 1.54) is 4.68 Å². The first kappa shape index (κ1) is 12.8. The molecule has 98 valence electrons. The van der Waals surface area contributed by atoms with Crippen molar-refractivity contribution in [3.8, 4) is 0 Å². The molecule has 0 aliphatic rings. The number of aromatic nitrogens is 4. The van der Waals surface area contributed by atoms with Gasteiger partial charge in [-0.05, 0) is 13.8 Å². The molecule has 0 bridgehead atoms. The van der Waals surface area contributed by atoms with E-state index in [9.17, 15) is 4.39 Å². The highest BCUT2D eigenvalue weighted by Gasteiger charge is 2.11. The normalized spacial score (nSPS) is 11.1. The van der Waals surface area contributed by atoms with Gasteiger partial charge in [0.15, 0.2) is 0 Å². The standard InChI is InChI=1S/C12H18FN5/c1-4-18-8-10(6-15-18)5-14-7-11-9(2)16-17(3)12(11)13/h6,8,14H,4-5,7H2,1-3H3. The van der Waals surface area contributed by atoms with E-state index in [4.69, 9.17) is 0 Å². The van der Waals surface area contributed by atoms with Crippen molar-refractivity contribution in [2.24, 2.45) is 7.05 Å². The van der Waals surface area contributed by atoms with Crippen LogP contribution in [0.2, 0.25) is 0 Å². The highest BCUT2D eigenvalue weighted by atomic mass is 19.1. The number of hydrogen-bond donors (Lipinski definition) is 1. The summed E-state index contributed by atoms with van der Waals surface area (Å²) in [5.41, 5.74) is 2.45. The molecular formula is C12H18FN5. The van der Waals surface area contributed by atoms with Crippen LogP contribution in [0.4, 0.5) is 4.39 Å². The van der Waals surface area contributed by atoms with Crippen LogP contribution in [-0.2, 0) is 26.7 Å². The van der Waals surface area contributed by atoms with E-state index < -0.39 is 0 Å². The van der Waals surface area contributed by atoms with Crippen molar-refractivity contribution in [3.05, 3.63) is 35.2 Å². The summed E-state index contributed by atoms with van der Waals surface area (Å²) < 4.78 is 16.8.